The van der Waals surface area contributed by atoms with Crippen molar-refractivity contribution < 1.29 is 14.6 Å². The van der Waals surface area contributed by atoms with Gasteiger partial charge in [0.15, 0.2) is 0 Å². The van der Waals surface area contributed by atoms with E-state index in [4.69, 9.17) is 10.5 Å². The van der Waals surface area contributed by atoms with Crippen LogP contribution in [-0.2, 0) is 4.74 Å². The van der Waals surface area contributed by atoms with E-state index in [0.717, 1.165) is 0 Å². The Kier molecular flexibility index (Phi) is 3.24. The fraction of sp³-hybridized carbons (Fsp3) is 0.600. The van der Waals surface area contributed by atoms with Crippen LogP contribution in [0, 0.1) is 5.41 Å². The number of carboxylic acid groups (broad SMARTS) is 1. The van der Waals surface area contributed by atoms with Gasteiger partial charge in [0, 0.05) is 7.05 Å². The number of nitrogens with zero attached hydrogens (tertiary/aromatic N) is 1. The molecule has 0 radical (unpaired) electrons. The summed E-state index contributed by atoms with van der Waals surface area (Å²) in [6.07, 6.45) is -1.20. The normalized spacial score (nSPS) is 8.60. The number of amides is 1. The Hall–Kier alpha value is -1.26. The fourth-order valence-corrected chi connectivity index (χ4v) is 0.320. The van der Waals surface area contributed by atoms with Crippen molar-refractivity contribution in [3.8, 4) is 0 Å². The van der Waals surface area contributed by atoms with E-state index in [1.54, 1.807) is 6.92 Å². The molecular formula is C5H10N2O3. The van der Waals surface area contributed by atoms with Crippen LogP contribution in [0.25, 0.3) is 0 Å². The molecule has 1 amide bonds. The minimum atomic E-state index is -1.20. The van der Waals surface area contributed by atoms with Gasteiger partial charge >= 0.3 is 6.09 Å². The van der Waals surface area contributed by atoms with E-state index >= 15 is 0 Å². The van der Waals surface area contributed by atoms with Gasteiger partial charge < -0.3 is 9.84 Å². The molecule has 0 unspecified atom stereocenters. The van der Waals surface area contributed by atoms with E-state index in [0.29, 0.717) is 11.5 Å². The molecule has 10 heavy (non-hydrogen) atoms. The number of amidine groups is 1. The molecule has 0 aromatic carbocycles. The summed E-state index contributed by atoms with van der Waals surface area (Å²) in [5, 5.41) is 15.2. The fourth-order valence-electron chi connectivity index (χ4n) is 0.320. The maximum atomic E-state index is 10.1. The molecule has 0 rings (SSSR count). The van der Waals surface area contributed by atoms with Crippen molar-refractivity contribution in [2.75, 3.05) is 13.7 Å². The smallest absolute Gasteiger partial charge is 0.415 e. The number of ether oxygens (including phenoxy) is 1. The highest BCUT2D eigenvalue weighted by atomic mass is 16.5. The highest BCUT2D eigenvalue weighted by Gasteiger charge is 2.11. The average Bonchev–Trinajstić information content (AvgIpc) is 1.87. The lowest BCUT2D eigenvalue weighted by Crippen LogP contribution is -2.32. The minimum Gasteiger partial charge on any atom is -0.465 e. The van der Waals surface area contributed by atoms with E-state index in [2.05, 4.69) is 4.74 Å². The maximum Gasteiger partial charge on any atom is 0.415 e. The molecule has 58 valence electrons. The second-order valence-corrected chi connectivity index (χ2v) is 1.58. The largest absolute Gasteiger partial charge is 0.465 e. The topological polar surface area (TPSA) is 73.6 Å². The molecule has 0 saturated carbocycles. The third-order valence-corrected chi connectivity index (χ3v) is 0.873. The SMILES string of the molecule is CCOC(=N)N(C)C(=O)O. The lowest BCUT2D eigenvalue weighted by atomic mass is 10.8. The van der Waals surface area contributed by atoms with E-state index in [9.17, 15) is 4.79 Å². The Morgan fingerprint density at radius 2 is 2.30 bits per heavy atom. The van der Waals surface area contributed by atoms with Crippen molar-refractivity contribution in [3.05, 3.63) is 0 Å². The average molecular weight is 146 g/mol. The van der Waals surface area contributed by atoms with Gasteiger partial charge in [-0.05, 0) is 6.92 Å². The summed E-state index contributed by atoms with van der Waals surface area (Å²) in [5.74, 6) is 0. The first-order valence-corrected chi connectivity index (χ1v) is 2.77. The molecular weight excluding hydrogens is 136 g/mol. The number of carbonyl (C=O) groups is 1. The third kappa shape index (κ3) is 2.34. The zero-order valence-corrected chi connectivity index (χ0v) is 5.92. The van der Waals surface area contributed by atoms with Gasteiger partial charge in [-0.3, -0.25) is 5.41 Å². The van der Waals surface area contributed by atoms with E-state index in [1.807, 2.05) is 0 Å². The van der Waals surface area contributed by atoms with E-state index in [-0.39, 0.29) is 6.02 Å². The minimum absolute atomic E-state index is 0.302. The van der Waals surface area contributed by atoms with Gasteiger partial charge in [-0.2, -0.15) is 0 Å². The molecule has 5 nitrogen and oxygen atoms in total. The maximum absolute atomic E-state index is 10.1. The second kappa shape index (κ2) is 3.71. The summed E-state index contributed by atoms with van der Waals surface area (Å²) in [4.78, 5) is 10.8. The predicted molar refractivity (Wildman–Crippen MR) is 35.1 cm³/mol. The number of nitrogens with one attached hydrogen (secondary N) is 1. The molecule has 0 aromatic rings. The van der Waals surface area contributed by atoms with Crippen LogP contribution < -0.4 is 0 Å². The Balaban J connectivity index is 3.82. The first-order chi connectivity index (χ1) is 4.59. The van der Waals surface area contributed by atoms with Crippen molar-refractivity contribution in [1.82, 2.24) is 4.90 Å². The van der Waals surface area contributed by atoms with Gasteiger partial charge in [-0.15, -0.1) is 0 Å². The lowest BCUT2D eigenvalue weighted by molar-refractivity contribution is 0.162. The Morgan fingerprint density at radius 1 is 1.80 bits per heavy atom. The van der Waals surface area contributed by atoms with Crippen LogP contribution in [0.2, 0.25) is 0 Å². The highest BCUT2D eigenvalue weighted by Crippen LogP contribution is 1.87. The molecule has 5 heteroatoms. The quantitative estimate of drug-likeness (QED) is 0.419. The van der Waals surface area contributed by atoms with Gasteiger partial charge in [-0.25, -0.2) is 9.69 Å². The van der Waals surface area contributed by atoms with Gasteiger partial charge in [-0.1, -0.05) is 0 Å². The van der Waals surface area contributed by atoms with Crippen molar-refractivity contribution >= 4 is 12.1 Å². The van der Waals surface area contributed by atoms with Crippen LogP contribution in [-0.4, -0.2) is 35.8 Å². The highest BCUT2D eigenvalue weighted by molar-refractivity contribution is 5.87. The Morgan fingerprint density at radius 3 is 2.60 bits per heavy atom. The number of hydrogen-bond acceptors (Lipinski definition) is 3. The summed E-state index contributed by atoms with van der Waals surface area (Å²) >= 11 is 0. The van der Waals surface area contributed by atoms with Gasteiger partial charge in [0.25, 0.3) is 6.02 Å². The summed E-state index contributed by atoms with van der Waals surface area (Å²) in [6, 6.07) is -0.352. The lowest BCUT2D eigenvalue weighted by Gasteiger charge is -2.12. The summed E-state index contributed by atoms with van der Waals surface area (Å²) in [6.45, 7) is 1.99. The second-order valence-electron chi connectivity index (χ2n) is 1.58. The first-order valence-electron chi connectivity index (χ1n) is 2.77. The molecule has 0 bridgehead atoms. The van der Waals surface area contributed by atoms with E-state index < -0.39 is 6.09 Å². The van der Waals surface area contributed by atoms with Crippen LogP contribution in [0.3, 0.4) is 0 Å². The predicted octanol–water partition coefficient (Wildman–Crippen LogP) is 0.567. The van der Waals surface area contributed by atoms with Crippen LogP contribution in [0.4, 0.5) is 4.79 Å². The Labute approximate surface area is 58.7 Å². The monoisotopic (exact) mass is 146 g/mol. The van der Waals surface area contributed by atoms with Crippen LogP contribution >= 0.6 is 0 Å². The molecule has 0 spiro atoms. The molecule has 0 fully saturated rings. The van der Waals surface area contributed by atoms with Gasteiger partial charge in [0.05, 0.1) is 6.61 Å². The third-order valence-electron chi connectivity index (χ3n) is 0.873. The standard InChI is InChI=1S/C5H10N2O3/c1-3-10-4(6)7(2)5(8)9/h6H,3H2,1-2H3,(H,8,9). The van der Waals surface area contributed by atoms with Crippen molar-refractivity contribution in [1.29, 1.82) is 5.41 Å². The van der Waals surface area contributed by atoms with Crippen LogP contribution in [0.1, 0.15) is 6.92 Å². The van der Waals surface area contributed by atoms with Crippen molar-refractivity contribution in [2.45, 2.75) is 6.92 Å². The first kappa shape index (κ1) is 8.74. The molecule has 0 aliphatic heterocycles. The van der Waals surface area contributed by atoms with Crippen molar-refractivity contribution in [3.63, 3.8) is 0 Å². The molecule has 0 heterocycles. The molecule has 0 saturated heterocycles. The number of rotatable bonds is 1. The van der Waals surface area contributed by atoms with Crippen molar-refractivity contribution in [2.24, 2.45) is 0 Å². The van der Waals surface area contributed by atoms with E-state index in [1.165, 1.54) is 7.05 Å². The zero-order chi connectivity index (χ0) is 8.15. The molecule has 2 N–H and O–H groups in total. The number of hydrogen-bond donors (Lipinski definition) is 2. The molecule has 0 aromatic heterocycles. The van der Waals surface area contributed by atoms with Crippen LogP contribution in [0.15, 0.2) is 0 Å². The Bertz CT molecular complexity index is 146. The summed E-state index contributed by atoms with van der Waals surface area (Å²) in [7, 11) is 1.25. The molecule has 0 atom stereocenters. The van der Waals surface area contributed by atoms with Crippen LogP contribution in [0.5, 0.6) is 0 Å². The van der Waals surface area contributed by atoms with Gasteiger partial charge in [0.1, 0.15) is 0 Å². The summed E-state index contributed by atoms with van der Waals surface area (Å²) < 4.78 is 4.59. The van der Waals surface area contributed by atoms with Gasteiger partial charge in [0.2, 0.25) is 0 Å². The molecule has 0 aliphatic rings. The summed E-state index contributed by atoms with van der Waals surface area (Å²) in [5.41, 5.74) is 0. The zero-order valence-electron chi connectivity index (χ0n) is 5.92. The molecule has 0 aliphatic carbocycles.